The molecular formula is C17H16F3N3O. The molecule has 0 aliphatic carbocycles. The van der Waals surface area contributed by atoms with E-state index in [1.54, 1.807) is 12.1 Å². The van der Waals surface area contributed by atoms with Gasteiger partial charge in [-0.3, -0.25) is 9.78 Å². The first-order valence-corrected chi connectivity index (χ1v) is 7.64. The number of halogens is 3. The zero-order valence-electron chi connectivity index (χ0n) is 12.8. The van der Waals surface area contributed by atoms with Crippen LogP contribution in [0, 0.1) is 0 Å². The van der Waals surface area contributed by atoms with Crippen LogP contribution < -0.4 is 10.2 Å². The number of nitrogens with one attached hydrogen (secondary N) is 1. The minimum absolute atomic E-state index is 0.155. The number of anilines is 2. The lowest BCUT2D eigenvalue weighted by Crippen LogP contribution is -2.22. The molecule has 2 aromatic rings. The molecule has 1 aromatic heterocycles. The molecule has 0 unspecified atom stereocenters. The lowest BCUT2D eigenvalue weighted by molar-refractivity contribution is -0.137. The number of nitrogens with zero attached hydrogens (tertiary/aromatic N) is 2. The molecule has 1 fully saturated rings. The fraction of sp³-hybridized carbons (Fsp3) is 0.294. The summed E-state index contributed by atoms with van der Waals surface area (Å²) in [7, 11) is 0. The van der Waals surface area contributed by atoms with Crippen molar-refractivity contribution in [1.29, 1.82) is 0 Å². The molecule has 1 amide bonds. The second kappa shape index (κ2) is 6.51. The van der Waals surface area contributed by atoms with Crippen LogP contribution in [0.25, 0.3) is 0 Å². The van der Waals surface area contributed by atoms with E-state index >= 15 is 0 Å². The van der Waals surface area contributed by atoms with Crippen LogP contribution in [0.5, 0.6) is 0 Å². The third-order valence-electron chi connectivity index (χ3n) is 3.92. The lowest BCUT2D eigenvalue weighted by atomic mass is 10.1. The highest BCUT2D eigenvalue weighted by Crippen LogP contribution is 2.36. The van der Waals surface area contributed by atoms with E-state index < -0.39 is 17.6 Å². The summed E-state index contributed by atoms with van der Waals surface area (Å²) in [6.45, 7) is 1.52. The zero-order chi connectivity index (χ0) is 17.2. The van der Waals surface area contributed by atoms with Crippen LogP contribution in [-0.2, 0) is 6.18 Å². The van der Waals surface area contributed by atoms with Gasteiger partial charge in [0.2, 0.25) is 0 Å². The summed E-state index contributed by atoms with van der Waals surface area (Å²) in [6.07, 6.45) is -1.04. The first-order valence-electron chi connectivity index (χ1n) is 7.64. The van der Waals surface area contributed by atoms with Crippen LogP contribution in [0.1, 0.15) is 28.9 Å². The quantitative estimate of drug-likeness (QED) is 0.924. The van der Waals surface area contributed by atoms with Gasteiger partial charge < -0.3 is 10.2 Å². The summed E-state index contributed by atoms with van der Waals surface area (Å²) in [5.74, 6) is -0.532. The molecule has 1 N–H and O–H groups in total. The summed E-state index contributed by atoms with van der Waals surface area (Å²) in [5.41, 5.74) is 0.121. The molecule has 3 rings (SSSR count). The predicted molar refractivity (Wildman–Crippen MR) is 85.1 cm³/mol. The van der Waals surface area contributed by atoms with Crippen molar-refractivity contribution in [3.63, 3.8) is 0 Å². The fourth-order valence-corrected chi connectivity index (χ4v) is 2.73. The third-order valence-corrected chi connectivity index (χ3v) is 3.92. The number of pyridine rings is 1. The predicted octanol–water partition coefficient (Wildman–Crippen LogP) is 3.95. The summed E-state index contributed by atoms with van der Waals surface area (Å²) < 4.78 is 39.0. The van der Waals surface area contributed by atoms with Crippen molar-refractivity contribution < 1.29 is 18.0 Å². The van der Waals surface area contributed by atoms with Crippen LogP contribution in [0.15, 0.2) is 42.6 Å². The maximum absolute atomic E-state index is 13.0. The highest BCUT2D eigenvalue weighted by atomic mass is 19.4. The lowest BCUT2D eigenvalue weighted by Gasteiger charge is -2.22. The van der Waals surface area contributed by atoms with E-state index in [1.165, 1.54) is 18.3 Å². The molecule has 126 valence electrons. The van der Waals surface area contributed by atoms with Crippen molar-refractivity contribution in [2.24, 2.45) is 0 Å². The highest BCUT2D eigenvalue weighted by molar-refractivity contribution is 6.04. The molecule has 1 saturated heterocycles. The van der Waals surface area contributed by atoms with Gasteiger partial charge in [-0.2, -0.15) is 13.2 Å². The highest BCUT2D eigenvalue weighted by Gasteiger charge is 2.32. The monoisotopic (exact) mass is 335 g/mol. The zero-order valence-corrected chi connectivity index (χ0v) is 12.8. The maximum Gasteiger partial charge on any atom is 0.416 e. The largest absolute Gasteiger partial charge is 0.416 e. The van der Waals surface area contributed by atoms with Crippen molar-refractivity contribution >= 4 is 17.3 Å². The molecule has 0 atom stereocenters. The van der Waals surface area contributed by atoms with Gasteiger partial charge >= 0.3 is 6.18 Å². The Hall–Kier alpha value is -2.57. The van der Waals surface area contributed by atoms with E-state index in [0.29, 0.717) is 5.69 Å². The molecule has 4 nitrogen and oxygen atoms in total. The Balaban J connectivity index is 1.94. The SMILES string of the molecule is O=C(Nc1cc(C(F)(F)F)ccc1N1CCCC1)c1ccccn1. The van der Waals surface area contributed by atoms with Crippen molar-refractivity contribution in [2.45, 2.75) is 19.0 Å². The van der Waals surface area contributed by atoms with Gasteiger partial charge in [0, 0.05) is 19.3 Å². The molecule has 1 aromatic carbocycles. The molecule has 0 bridgehead atoms. The summed E-state index contributed by atoms with van der Waals surface area (Å²) >= 11 is 0. The number of aromatic nitrogens is 1. The van der Waals surface area contributed by atoms with E-state index in [0.717, 1.165) is 38.1 Å². The van der Waals surface area contributed by atoms with Gasteiger partial charge in [0.15, 0.2) is 0 Å². The Labute approximate surface area is 137 Å². The van der Waals surface area contributed by atoms with Crippen molar-refractivity contribution in [3.05, 3.63) is 53.9 Å². The second-order valence-corrected chi connectivity index (χ2v) is 5.59. The Morgan fingerprint density at radius 3 is 2.50 bits per heavy atom. The molecule has 0 radical (unpaired) electrons. The number of amides is 1. The first kappa shape index (κ1) is 16.3. The van der Waals surface area contributed by atoms with Crippen molar-refractivity contribution in [1.82, 2.24) is 4.98 Å². The van der Waals surface area contributed by atoms with Gasteiger partial charge in [0.1, 0.15) is 5.69 Å². The van der Waals surface area contributed by atoms with E-state index in [2.05, 4.69) is 10.3 Å². The van der Waals surface area contributed by atoms with E-state index in [1.807, 2.05) is 4.90 Å². The molecule has 1 aliphatic heterocycles. The van der Waals surface area contributed by atoms with Crippen molar-refractivity contribution in [2.75, 3.05) is 23.3 Å². The number of alkyl halides is 3. The van der Waals surface area contributed by atoms with E-state index in [9.17, 15) is 18.0 Å². The van der Waals surface area contributed by atoms with Gasteiger partial charge in [-0.05, 0) is 43.2 Å². The number of hydrogen-bond donors (Lipinski definition) is 1. The number of carbonyl (C=O) groups excluding carboxylic acids is 1. The minimum atomic E-state index is -4.46. The smallest absolute Gasteiger partial charge is 0.370 e. The maximum atomic E-state index is 13.0. The van der Waals surface area contributed by atoms with Crippen LogP contribution in [-0.4, -0.2) is 24.0 Å². The molecule has 24 heavy (non-hydrogen) atoms. The van der Waals surface area contributed by atoms with E-state index in [4.69, 9.17) is 0 Å². The minimum Gasteiger partial charge on any atom is -0.370 e. The standard InChI is InChI=1S/C17H16F3N3O/c18-17(19,20)12-6-7-15(23-9-3-4-10-23)14(11-12)22-16(24)13-5-1-2-8-21-13/h1-2,5-8,11H,3-4,9-10H2,(H,22,24). The normalized spacial score (nSPS) is 14.7. The number of hydrogen-bond acceptors (Lipinski definition) is 3. The van der Waals surface area contributed by atoms with Gasteiger partial charge in [0.05, 0.1) is 16.9 Å². The average molecular weight is 335 g/mol. The van der Waals surface area contributed by atoms with Gasteiger partial charge in [0.25, 0.3) is 5.91 Å². The van der Waals surface area contributed by atoms with Crippen LogP contribution in [0.2, 0.25) is 0 Å². The van der Waals surface area contributed by atoms with Crippen LogP contribution >= 0.6 is 0 Å². The summed E-state index contributed by atoms with van der Waals surface area (Å²) in [5, 5.41) is 2.57. The third kappa shape index (κ3) is 3.50. The summed E-state index contributed by atoms with van der Waals surface area (Å²) in [4.78, 5) is 18.2. The molecular weight excluding hydrogens is 319 g/mol. The molecule has 7 heteroatoms. The Morgan fingerprint density at radius 1 is 1.12 bits per heavy atom. The average Bonchev–Trinajstić information content (AvgIpc) is 3.09. The molecule has 2 heterocycles. The van der Waals surface area contributed by atoms with Crippen molar-refractivity contribution in [3.8, 4) is 0 Å². The Morgan fingerprint density at radius 2 is 1.88 bits per heavy atom. The Kier molecular flexibility index (Phi) is 4.42. The van der Waals surface area contributed by atoms with Crippen LogP contribution in [0.4, 0.5) is 24.5 Å². The van der Waals surface area contributed by atoms with Crippen LogP contribution in [0.3, 0.4) is 0 Å². The van der Waals surface area contributed by atoms with Gasteiger partial charge in [-0.15, -0.1) is 0 Å². The molecule has 0 spiro atoms. The molecule has 0 saturated carbocycles. The van der Waals surface area contributed by atoms with Gasteiger partial charge in [-0.25, -0.2) is 0 Å². The number of benzene rings is 1. The topological polar surface area (TPSA) is 45.2 Å². The first-order chi connectivity index (χ1) is 11.4. The Bertz CT molecular complexity index is 726. The summed E-state index contributed by atoms with van der Waals surface area (Å²) in [6, 6.07) is 8.27. The second-order valence-electron chi connectivity index (χ2n) is 5.59. The fourth-order valence-electron chi connectivity index (χ4n) is 2.73. The van der Waals surface area contributed by atoms with E-state index in [-0.39, 0.29) is 11.4 Å². The van der Waals surface area contributed by atoms with Gasteiger partial charge in [-0.1, -0.05) is 6.07 Å². The number of rotatable bonds is 3. The molecule has 1 aliphatic rings. The number of carbonyl (C=O) groups is 1.